The van der Waals surface area contributed by atoms with E-state index in [0.29, 0.717) is 5.84 Å². The van der Waals surface area contributed by atoms with Crippen LogP contribution in [0.2, 0.25) is 0 Å². The molecule has 1 atom stereocenters. The molecule has 4 nitrogen and oxygen atoms in total. The molecule has 0 saturated carbocycles. The number of rotatable bonds is 3. The first-order chi connectivity index (χ1) is 6.08. The number of nitrogens with two attached hydrogens (primary N) is 1. The average Bonchev–Trinajstić information content (AvgIpc) is 2.31. The van der Waals surface area contributed by atoms with Gasteiger partial charge in [-0.25, -0.2) is 4.79 Å². The second-order valence-corrected chi connectivity index (χ2v) is 3.47. The molecule has 0 saturated heterocycles. The molecule has 0 aliphatic carbocycles. The summed E-state index contributed by atoms with van der Waals surface area (Å²) in [5.74, 6) is 0.476. The van der Waals surface area contributed by atoms with E-state index in [1.807, 2.05) is 6.92 Å². The second kappa shape index (κ2) is 3.36. The number of aliphatic imine (C=N–C) groups is 1. The minimum absolute atomic E-state index is 0.215. The van der Waals surface area contributed by atoms with Crippen LogP contribution in [0.25, 0.3) is 0 Å². The van der Waals surface area contributed by atoms with Gasteiger partial charge < -0.3 is 10.6 Å². The third kappa shape index (κ3) is 1.30. The SMILES string of the molecule is CCCC1(CC)C(N)=NC(=O)N1C. The highest BCUT2D eigenvalue weighted by Crippen LogP contribution is 2.29. The quantitative estimate of drug-likeness (QED) is 0.718. The van der Waals surface area contributed by atoms with Gasteiger partial charge in [-0.05, 0) is 12.8 Å². The average molecular weight is 183 g/mol. The molecule has 0 bridgehead atoms. The number of nitrogens with zero attached hydrogens (tertiary/aromatic N) is 2. The van der Waals surface area contributed by atoms with Crippen molar-refractivity contribution in [3.63, 3.8) is 0 Å². The molecule has 2 amide bonds. The number of urea groups is 1. The van der Waals surface area contributed by atoms with E-state index in [1.165, 1.54) is 0 Å². The molecule has 0 aromatic rings. The van der Waals surface area contributed by atoms with Crippen LogP contribution >= 0.6 is 0 Å². The summed E-state index contributed by atoms with van der Waals surface area (Å²) in [6.07, 6.45) is 2.72. The Bertz CT molecular complexity index is 249. The van der Waals surface area contributed by atoms with Crippen LogP contribution in [0.1, 0.15) is 33.1 Å². The third-order valence-corrected chi connectivity index (χ3v) is 2.87. The van der Waals surface area contributed by atoms with Crippen molar-refractivity contribution in [2.75, 3.05) is 7.05 Å². The molecule has 2 N–H and O–H groups in total. The molecule has 0 aromatic heterocycles. The minimum atomic E-state index is -0.314. The first kappa shape index (κ1) is 10.0. The van der Waals surface area contributed by atoms with Gasteiger partial charge >= 0.3 is 6.03 Å². The van der Waals surface area contributed by atoms with E-state index >= 15 is 0 Å². The molecule has 0 radical (unpaired) electrons. The van der Waals surface area contributed by atoms with Gasteiger partial charge in [-0.3, -0.25) is 0 Å². The Kier molecular flexibility index (Phi) is 2.59. The van der Waals surface area contributed by atoms with Crippen molar-refractivity contribution in [2.45, 2.75) is 38.6 Å². The number of amidine groups is 1. The first-order valence-electron chi connectivity index (χ1n) is 4.71. The predicted octanol–water partition coefficient (Wildman–Crippen LogP) is 1.36. The van der Waals surface area contributed by atoms with Crippen molar-refractivity contribution in [1.82, 2.24) is 4.90 Å². The fraction of sp³-hybridized carbons (Fsp3) is 0.778. The summed E-state index contributed by atoms with van der Waals surface area (Å²) in [5, 5.41) is 0. The van der Waals surface area contributed by atoms with E-state index in [4.69, 9.17) is 5.73 Å². The Labute approximate surface area is 78.8 Å². The van der Waals surface area contributed by atoms with Crippen LogP contribution in [0.15, 0.2) is 4.99 Å². The van der Waals surface area contributed by atoms with Crippen LogP contribution in [0.5, 0.6) is 0 Å². The van der Waals surface area contributed by atoms with Crippen LogP contribution in [0.3, 0.4) is 0 Å². The van der Waals surface area contributed by atoms with Gasteiger partial charge in [0, 0.05) is 7.05 Å². The van der Waals surface area contributed by atoms with E-state index < -0.39 is 0 Å². The molecule has 1 heterocycles. The highest BCUT2D eigenvalue weighted by molar-refractivity contribution is 6.05. The highest BCUT2D eigenvalue weighted by Gasteiger charge is 2.43. The summed E-state index contributed by atoms with van der Waals surface area (Å²) in [4.78, 5) is 16.7. The minimum Gasteiger partial charge on any atom is -0.385 e. The zero-order valence-electron chi connectivity index (χ0n) is 8.50. The van der Waals surface area contributed by atoms with Gasteiger partial charge in [-0.15, -0.1) is 0 Å². The molecule has 1 aliphatic rings. The normalized spacial score (nSPS) is 28.1. The largest absolute Gasteiger partial charge is 0.385 e. The lowest BCUT2D eigenvalue weighted by Gasteiger charge is -2.34. The van der Waals surface area contributed by atoms with Crippen LogP contribution in [-0.2, 0) is 0 Å². The van der Waals surface area contributed by atoms with Gasteiger partial charge in [0.15, 0.2) is 0 Å². The molecule has 1 aliphatic heterocycles. The molecular weight excluding hydrogens is 166 g/mol. The molecule has 74 valence electrons. The van der Waals surface area contributed by atoms with Gasteiger partial charge in [0.05, 0.1) is 0 Å². The van der Waals surface area contributed by atoms with E-state index in [9.17, 15) is 4.79 Å². The summed E-state index contributed by atoms with van der Waals surface area (Å²) >= 11 is 0. The molecule has 0 aromatic carbocycles. The van der Waals surface area contributed by atoms with E-state index in [2.05, 4.69) is 11.9 Å². The Balaban J connectivity index is 2.98. The molecule has 0 spiro atoms. The fourth-order valence-corrected chi connectivity index (χ4v) is 1.94. The number of carbonyl (C=O) groups excluding carboxylic acids is 1. The van der Waals surface area contributed by atoms with Gasteiger partial charge in [0.2, 0.25) is 0 Å². The Hall–Kier alpha value is -1.06. The first-order valence-corrected chi connectivity index (χ1v) is 4.71. The van der Waals surface area contributed by atoms with Gasteiger partial charge in [-0.2, -0.15) is 4.99 Å². The van der Waals surface area contributed by atoms with E-state index in [-0.39, 0.29) is 11.6 Å². The van der Waals surface area contributed by atoms with Crippen molar-refractivity contribution >= 4 is 11.9 Å². The number of hydrogen-bond acceptors (Lipinski definition) is 2. The number of carbonyl (C=O) groups is 1. The van der Waals surface area contributed by atoms with Crippen LogP contribution in [0.4, 0.5) is 4.79 Å². The number of likely N-dealkylation sites (N-methyl/N-ethyl adjacent to an activating group) is 1. The van der Waals surface area contributed by atoms with Crippen LogP contribution in [-0.4, -0.2) is 29.4 Å². The number of hydrogen-bond donors (Lipinski definition) is 1. The molecule has 4 heteroatoms. The maximum atomic E-state index is 11.3. The molecule has 0 fully saturated rings. The van der Waals surface area contributed by atoms with Gasteiger partial charge in [0.1, 0.15) is 11.4 Å². The lowest BCUT2D eigenvalue weighted by Crippen LogP contribution is -2.51. The molecule has 1 unspecified atom stereocenters. The molecule has 13 heavy (non-hydrogen) atoms. The smallest absolute Gasteiger partial charge is 0.345 e. The fourth-order valence-electron chi connectivity index (χ4n) is 1.94. The zero-order chi connectivity index (χ0) is 10.1. The van der Waals surface area contributed by atoms with Crippen LogP contribution in [0, 0.1) is 0 Å². The standard InChI is InChI=1S/C9H17N3O/c1-4-6-9(5-2)7(10)11-8(13)12(9)3/h4-6H2,1-3H3,(H2,10,11,13). The third-order valence-electron chi connectivity index (χ3n) is 2.87. The Morgan fingerprint density at radius 1 is 1.54 bits per heavy atom. The highest BCUT2D eigenvalue weighted by atomic mass is 16.2. The maximum absolute atomic E-state index is 11.3. The number of amides is 2. The monoisotopic (exact) mass is 183 g/mol. The molecular formula is C9H17N3O. The topological polar surface area (TPSA) is 58.7 Å². The summed E-state index contributed by atoms with van der Waals surface area (Å²) in [6.45, 7) is 4.12. The van der Waals surface area contributed by atoms with E-state index in [0.717, 1.165) is 19.3 Å². The van der Waals surface area contributed by atoms with Crippen LogP contribution < -0.4 is 5.73 Å². The Morgan fingerprint density at radius 2 is 2.15 bits per heavy atom. The van der Waals surface area contributed by atoms with Crippen molar-refractivity contribution in [3.05, 3.63) is 0 Å². The Morgan fingerprint density at radius 3 is 2.46 bits per heavy atom. The second-order valence-electron chi connectivity index (χ2n) is 3.47. The molecule has 1 rings (SSSR count). The van der Waals surface area contributed by atoms with Crippen molar-refractivity contribution < 1.29 is 4.79 Å². The summed E-state index contributed by atoms with van der Waals surface area (Å²) in [7, 11) is 1.77. The summed E-state index contributed by atoms with van der Waals surface area (Å²) in [5.41, 5.74) is 5.47. The summed E-state index contributed by atoms with van der Waals surface area (Å²) < 4.78 is 0. The van der Waals surface area contributed by atoms with Crippen molar-refractivity contribution in [3.8, 4) is 0 Å². The summed E-state index contributed by atoms with van der Waals surface area (Å²) in [6, 6.07) is -0.215. The van der Waals surface area contributed by atoms with Gasteiger partial charge in [0.25, 0.3) is 0 Å². The van der Waals surface area contributed by atoms with Crippen molar-refractivity contribution in [2.24, 2.45) is 10.7 Å². The predicted molar refractivity (Wildman–Crippen MR) is 52.7 cm³/mol. The zero-order valence-corrected chi connectivity index (χ0v) is 8.50. The maximum Gasteiger partial charge on any atom is 0.345 e. The van der Waals surface area contributed by atoms with Crippen molar-refractivity contribution in [1.29, 1.82) is 0 Å². The van der Waals surface area contributed by atoms with Gasteiger partial charge in [-0.1, -0.05) is 20.3 Å². The van der Waals surface area contributed by atoms with E-state index in [1.54, 1.807) is 11.9 Å². The lowest BCUT2D eigenvalue weighted by molar-refractivity contribution is 0.182. The lowest BCUT2D eigenvalue weighted by atomic mass is 9.89.